The Bertz CT molecular complexity index is 983. The zero-order chi connectivity index (χ0) is 25.0. The van der Waals surface area contributed by atoms with E-state index in [-0.39, 0.29) is 17.0 Å². The molecule has 12 nitrogen and oxygen atoms in total. The molecule has 2 atom stereocenters. The van der Waals surface area contributed by atoms with E-state index in [9.17, 15) is 19.8 Å². The number of nitrogens with two attached hydrogens (primary N) is 1. The minimum Gasteiger partial charge on any atom is -0.387 e. The largest absolute Gasteiger partial charge is 0.387 e. The fourth-order valence-electron chi connectivity index (χ4n) is 3.28. The first-order valence-corrected chi connectivity index (χ1v) is 14.3. The summed E-state index contributed by atoms with van der Waals surface area (Å²) >= 11 is 0.442. The smallest absolute Gasteiger partial charge is 0.384 e. The number of nitrogens with one attached hydrogen (secondary N) is 1. The molecule has 1 aromatic carbocycles. The van der Waals surface area contributed by atoms with Gasteiger partial charge in [-0.1, -0.05) is 44.3 Å². The number of anilines is 1. The number of allylic oxidation sites excluding steroid dienone is 1. The van der Waals surface area contributed by atoms with Crippen molar-refractivity contribution in [3.63, 3.8) is 0 Å². The minimum absolute atomic E-state index is 0.0144. The van der Waals surface area contributed by atoms with Gasteiger partial charge in [0.05, 0.1) is 11.0 Å². The normalized spacial score (nSPS) is 14.0. The third-order valence-electron chi connectivity index (χ3n) is 5.12. The van der Waals surface area contributed by atoms with Gasteiger partial charge in [0.1, 0.15) is 5.52 Å². The molecule has 34 heavy (non-hydrogen) atoms. The molecule has 1 heterocycles. The maximum absolute atomic E-state index is 11.2. The van der Waals surface area contributed by atoms with Crippen molar-refractivity contribution >= 4 is 40.6 Å². The number of nitro benzene ring substituents is 1. The van der Waals surface area contributed by atoms with Crippen molar-refractivity contribution in [1.82, 2.24) is 10.3 Å². The molecular formula is C20H32N5O7PS. The van der Waals surface area contributed by atoms with Crippen LogP contribution in [-0.2, 0) is 4.57 Å². The van der Waals surface area contributed by atoms with Crippen LogP contribution in [0.25, 0.3) is 11.0 Å². The van der Waals surface area contributed by atoms with E-state index >= 15 is 0 Å². The molecule has 190 valence electrons. The van der Waals surface area contributed by atoms with Crippen molar-refractivity contribution in [3.8, 4) is 0 Å². The molecule has 0 aliphatic rings. The maximum Gasteiger partial charge on any atom is 0.384 e. The van der Waals surface area contributed by atoms with Crippen LogP contribution in [0.2, 0.25) is 0 Å². The number of benzene rings is 1. The van der Waals surface area contributed by atoms with Gasteiger partial charge in [0.25, 0.3) is 0 Å². The SMILES string of the molecule is N[C@H](CSP(=O)(O)O)[C@H](O)/C=C/CCCCCCCCCNc1cc([N+](=O)[O-])c2nonc2c1. The Morgan fingerprint density at radius 3 is 2.53 bits per heavy atom. The van der Waals surface area contributed by atoms with Crippen molar-refractivity contribution in [2.75, 3.05) is 17.6 Å². The molecule has 2 rings (SSSR count). The molecule has 0 saturated carbocycles. The van der Waals surface area contributed by atoms with Crippen molar-refractivity contribution < 1.29 is 29.0 Å². The number of hydrogen-bond acceptors (Lipinski definition) is 10. The second-order valence-corrected chi connectivity index (χ2v) is 11.7. The summed E-state index contributed by atoms with van der Waals surface area (Å²) in [5.74, 6) is -0.0144. The Morgan fingerprint density at radius 2 is 1.85 bits per heavy atom. The Hall–Kier alpha value is -2.02. The average Bonchev–Trinajstić information content (AvgIpc) is 3.25. The first kappa shape index (κ1) is 28.2. The molecular weight excluding hydrogens is 485 g/mol. The summed E-state index contributed by atoms with van der Waals surface area (Å²) in [4.78, 5) is 28.3. The lowest BCUT2D eigenvalue weighted by Crippen LogP contribution is -2.35. The third-order valence-corrected chi connectivity index (χ3v) is 7.45. The Balaban J connectivity index is 1.50. The van der Waals surface area contributed by atoms with Gasteiger partial charge >= 0.3 is 12.5 Å². The highest BCUT2D eigenvalue weighted by Crippen LogP contribution is 2.50. The highest BCUT2D eigenvalue weighted by Gasteiger charge is 2.20. The number of aliphatic hydroxyl groups excluding tert-OH is 1. The number of hydrogen-bond donors (Lipinski definition) is 5. The highest BCUT2D eigenvalue weighted by molar-refractivity contribution is 8.54. The quantitative estimate of drug-likeness (QED) is 0.0670. The lowest BCUT2D eigenvalue weighted by atomic mass is 10.1. The molecule has 0 radical (unpaired) electrons. The number of rotatable bonds is 17. The first-order valence-electron chi connectivity index (χ1n) is 11.1. The van der Waals surface area contributed by atoms with E-state index < -0.39 is 23.9 Å². The van der Waals surface area contributed by atoms with Crippen molar-refractivity contribution in [2.45, 2.75) is 63.5 Å². The number of aliphatic hydroxyl groups is 1. The van der Waals surface area contributed by atoms with E-state index in [2.05, 4.69) is 20.3 Å². The van der Waals surface area contributed by atoms with Gasteiger partial charge in [-0.15, -0.1) is 0 Å². The second-order valence-electron chi connectivity index (χ2n) is 7.94. The van der Waals surface area contributed by atoms with E-state index in [1.54, 1.807) is 12.1 Å². The van der Waals surface area contributed by atoms with Gasteiger partial charge in [0, 0.05) is 30.1 Å². The minimum atomic E-state index is -4.17. The number of aromatic nitrogens is 2. The van der Waals surface area contributed by atoms with E-state index in [4.69, 9.17) is 15.5 Å². The lowest BCUT2D eigenvalue weighted by Gasteiger charge is -2.15. The molecule has 0 aliphatic heterocycles. The van der Waals surface area contributed by atoms with E-state index in [0.29, 0.717) is 29.1 Å². The number of nitro groups is 1. The molecule has 0 unspecified atom stereocenters. The number of nitrogens with zero attached hydrogens (tertiary/aromatic N) is 3. The average molecular weight is 518 g/mol. The predicted octanol–water partition coefficient (Wildman–Crippen LogP) is 3.73. The lowest BCUT2D eigenvalue weighted by molar-refractivity contribution is -0.383. The Morgan fingerprint density at radius 1 is 1.18 bits per heavy atom. The van der Waals surface area contributed by atoms with Gasteiger partial charge in [-0.2, -0.15) is 0 Å². The summed E-state index contributed by atoms with van der Waals surface area (Å²) in [6, 6.07) is 2.40. The zero-order valence-electron chi connectivity index (χ0n) is 18.8. The van der Waals surface area contributed by atoms with Crippen LogP contribution in [0.1, 0.15) is 51.4 Å². The topological polar surface area (TPSA) is 198 Å². The summed E-state index contributed by atoms with van der Waals surface area (Å²) in [7, 11) is 0. The molecule has 0 bridgehead atoms. The number of unbranched alkanes of at least 4 members (excludes halogenated alkanes) is 7. The fraction of sp³-hybridized carbons (Fsp3) is 0.600. The summed E-state index contributed by atoms with van der Waals surface area (Å²) in [6.45, 7) is -3.47. The van der Waals surface area contributed by atoms with Crippen LogP contribution in [0.15, 0.2) is 28.9 Å². The van der Waals surface area contributed by atoms with Crippen LogP contribution in [0.4, 0.5) is 11.4 Å². The molecule has 1 aromatic heterocycles. The standard InChI is InChI=1S/C20H32N5O7PS/c21-16(14-34-33(29,30)31)19(26)10-8-6-4-2-1-3-5-7-9-11-22-15-12-17-20(24-32-23-17)18(13-15)25(27)28/h8,10,12-13,16,19,22,26H,1-7,9,11,14,21H2,(H2,29,30,31)/b10-8+/t16-,19-/m1/s1. The monoisotopic (exact) mass is 517 g/mol. The fourth-order valence-corrected chi connectivity index (χ4v) is 4.94. The van der Waals surface area contributed by atoms with Crippen LogP contribution in [0.5, 0.6) is 0 Å². The van der Waals surface area contributed by atoms with Crippen LogP contribution in [0, 0.1) is 10.1 Å². The van der Waals surface area contributed by atoms with Crippen molar-refractivity contribution in [3.05, 3.63) is 34.4 Å². The van der Waals surface area contributed by atoms with E-state index in [1.165, 1.54) is 6.07 Å². The summed E-state index contributed by atoms with van der Waals surface area (Å²) in [5, 5.41) is 31.5. The zero-order valence-corrected chi connectivity index (χ0v) is 20.5. The van der Waals surface area contributed by atoms with Crippen molar-refractivity contribution in [1.29, 1.82) is 0 Å². The molecule has 6 N–H and O–H groups in total. The summed E-state index contributed by atoms with van der Waals surface area (Å²) in [6.07, 6.45) is 10.8. The number of non-ortho nitro benzene ring substituents is 1. The van der Waals surface area contributed by atoms with Gasteiger partial charge in [-0.25, -0.2) is 9.19 Å². The summed E-state index contributed by atoms with van der Waals surface area (Å²) in [5.41, 5.74) is 6.70. The second kappa shape index (κ2) is 14.4. The molecule has 14 heteroatoms. The molecule has 0 spiro atoms. The molecule has 2 aromatic rings. The highest BCUT2D eigenvalue weighted by atomic mass is 32.7. The van der Waals surface area contributed by atoms with Gasteiger partial charge in [-0.3, -0.25) is 10.1 Å². The Labute approximate surface area is 201 Å². The van der Waals surface area contributed by atoms with E-state index in [0.717, 1.165) is 51.4 Å². The predicted molar refractivity (Wildman–Crippen MR) is 132 cm³/mol. The summed E-state index contributed by atoms with van der Waals surface area (Å²) < 4.78 is 15.4. The van der Waals surface area contributed by atoms with Crippen LogP contribution < -0.4 is 11.1 Å². The molecule has 0 saturated heterocycles. The van der Waals surface area contributed by atoms with Gasteiger partial charge < -0.3 is 25.9 Å². The van der Waals surface area contributed by atoms with Crippen molar-refractivity contribution in [2.24, 2.45) is 5.73 Å². The molecule has 0 fully saturated rings. The van der Waals surface area contributed by atoms with Crippen LogP contribution >= 0.6 is 18.2 Å². The molecule has 0 amide bonds. The van der Waals surface area contributed by atoms with Gasteiger partial charge in [-0.05, 0) is 47.0 Å². The van der Waals surface area contributed by atoms with E-state index in [1.807, 2.05) is 6.08 Å². The molecule has 0 aliphatic carbocycles. The first-order chi connectivity index (χ1) is 16.2. The van der Waals surface area contributed by atoms with Gasteiger partial charge in [0.15, 0.2) is 0 Å². The Kier molecular flexibility index (Phi) is 11.9. The van der Waals surface area contributed by atoms with Gasteiger partial charge in [0.2, 0.25) is 5.52 Å². The number of fused-ring (bicyclic) bond motifs is 1. The maximum atomic E-state index is 11.2. The van der Waals surface area contributed by atoms with Crippen LogP contribution in [-0.4, -0.2) is 54.6 Å². The van der Waals surface area contributed by atoms with Crippen LogP contribution in [0.3, 0.4) is 0 Å². The third kappa shape index (κ3) is 10.5.